The van der Waals surface area contributed by atoms with Gasteiger partial charge in [0.15, 0.2) is 0 Å². The maximum atomic E-state index is 10.7. The van der Waals surface area contributed by atoms with E-state index in [0.29, 0.717) is 0 Å². The second kappa shape index (κ2) is 5.35. The van der Waals surface area contributed by atoms with Crippen molar-refractivity contribution in [2.45, 2.75) is 51.9 Å². The maximum absolute atomic E-state index is 10.7. The Hall–Kier alpha value is -1.53. The Morgan fingerprint density at radius 1 is 1.24 bits per heavy atom. The van der Waals surface area contributed by atoms with Gasteiger partial charge in [0.1, 0.15) is 0 Å². The van der Waals surface area contributed by atoms with Crippen LogP contribution in [0.25, 0.3) is 0 Å². The summed E-state index contributed by atoms with van der Waals surface area (Å²) in [6.45, 7) is 9.82. The van der Waals surface area contributed by atoms with Gasteiger partial charge in [-0.15, -0.1) is 0 Å². The Morgan fingerprint density at radius 2 is 1.81 bits per heavy atom. The van der Waals surface area contributed by atoms with Crippen LogP contribution in [0, 0.1) is 0 Å². The second-order valence-corrected chi connectivity index (χ2v) is 6.43. The quantitative estimate of drug-likeness (QED) is 0.839. The van der Waals surface area contributed by atoms with E-state index in [1.165, 1.54) is 0 Å². The number of carboxylic acid groups (broad SMARTS) is 1. The zero-order valence-corrected chi connectivity index (χ0v) is 13.1. The van der Waals surface area contributed by atoms with Crippen LogP contribution in [0.5, 0.6) is 0 Å². The van der Waals surface area contributed by atoms with Gasteiger partial charge in [0.2, 0.25) is 0 Å². The summed E-state index contributed by atoms with van der Waals surface area (Å²) in [4.78, 5) is 10.7. The Balaban J connectivity index is 2.21. The molecule has 1 aromatic carbocycles. The summed E-state index contributed by atoms with van der Waals surface area (Å²) in [6, 6.07) is 7.33. The first-order valence-electron chi connectivity index (χ1n) is 7.07. The molecular weight excluding hydrogens is 269 g/mol. The van der Waals surface area contributed by atoms with Crippen molar-refractivity contribution in [1.82, 2.24) is 5.32 Å². The normalized spacial score (nSPS) is 21.1. The Morgan fingerprint density at radius 3 is 2.33 bits per heavy atom. The van der Waals surface area contributed by atoms with Gasteiger partial charge in [0, 0.05) is 0 Å². The molecule has 1 saturated heterocycles. The molecule has 0 aliphatic carbocycles. The first-order chi connectivity index (χ1) is 9.62. The van der Waals surface area contributed by atoms with Crippen molar-refractivity contribution in [3.8, 4) is 0 Å². The number of amides is 1. The van der Waals surface area contributed by atoms with Gasteiger partial charge in [-0.2, -0.15) is 0 Å². The van der Waals surface area contributed by atoms with E-state index in [9.17, 15) is 4.79 Å². The average molecular weight is 291 g/mol. The predicted octanol–water partition coefficient (Wildman–Crippen LogP) is 2.31. The Bertz CT molecular complexity index is 528. The summed E-state index contributed by atoms with van der Waals surface area (Å²) in [7, 11) is -0.438. The molecule has 1 amide bonds. The lowest BCUT2D eigenvalue weighted by Crippen LogP contribution is -2.41. The van der Waals surface area contributed by atoms with Crippen LogP contribution in [0.15, 0.2) is 24.3 Å². The molecule has 1 unspecified atom stereocenters. The molecule has 2 rings (SSSR count). The van der Waals surface area contributed by atoms with Crippen molar-refractivity contribution in [1.29, 1.82) is 0 Å². The zero-order valence-electron chi connectivity index (χ0n) is 13.1. The summed E-state index contributed by atoms with van der Waals surface area (Å²) in [5.74, 6) is 0. The highest BCUT2D eigenvalue weighted by atomic mass is 16.7. The van der Waals surface area contributed by atoms with E-state index in [-0.39, 0.29) is 6.04 Å². The van der Waals surface area contributed by atoms with E-state index in [1.54, 1.807) is 6.92 Å². The fraction of sp³-hybridized carbons (Fsp3) is 0.533. The van der Waals surface area contributed by atoms with Crippen LogP contribution in [0.2, 0.25) is 0 Å². The van der Waals surface area contributed by atoms with Crippen LogP contribution in [0.1, 0.15) is 46.2 Å². The molecule has 0 saturated carbocycles. The molecule has 6 heteroatoms. The van der Waals surface area contributed by atoms with Gasteiger partial charge < -0.3 is 19.7 Å². The van der Waals surface area contributed by atoms with Crippen LogP contribution >= 0.6 is 0 Å². The summed E-state index contributed by atoms with van der Waals surface area (Å²) < 4.78 is 12.0. The maximum Gasteiger partial charge on any atom is 0.494 e. The molecule has 1 heterocycles. The van der Waals surface area contributed by atoms with Crippen LogP contribution in [-0.2, 0) is 9.31 Å². The van der Waals surface area contributed by atoms with Crippen molar-refractivity contribution in [3.05, 3.63) is 29.8 Å². The highest BCUT2D eigenvalue weighted by molar-refractivity contribution is 6.62. The summed E-state index contributed by atoms with van der Waals surface area (Å²) in [5, 5.41) is 11.2. The Labute approximate surface area is 125 Å². The van der Waals surface area contributed by atoms with E-state index in [2.05, 4.69) is 5.32 Å². The molecular formula is C15H22BNO4. The van der Waals surface area contributed by atoms with Gasteiger partial charge in [-0.3, -0.25) is 0 Å². The number of benzene rings is 1. The van der Waals surface area contributed by atoms with Crippen molar-refractivity contribution < 1.29 is 19.2 Å². The highest BCUT2D eigenvalue weighted by Gasteiger charge is 2.51. The molecule has 1 aliphatic heterocycles. The first-order valence-corrected chi connectivity index (χ1v) is 7.07. The molecule has 2 N–H and O–H groups in total. The minimum Gasteiger partial charge on any atom is -0.465 e. The molecule has 0 radical (unpaired) electrons. The molecule has 0 bridgehead atoms. The topological polar surface area (TPSA) is 67.8 Å². The predicted molar refractivity (Wildman–Crippen MR) is 81.7 cm³/mol. The minimum absolute atomic E-state index is 0.287. The van der Waals surface area contributed by atoms with Gasteiger partial charge in [0.25, 0.3) is 0 Å². The molecule has 21 heavy (non-hydrogen) atoms. The van der Waals surface area contributed by atoms with Crippen molar-refractivity contribution in [3.63, 3.8) is 0 Å². The molecule has 0 aromatic heterocycles. The van der Waals surface area contributed by atoms with Crippen LogP contribution in [0.4, 0.5) is 4.79 Å². The number of hydrogen-bond acceptors (Lipinski definition) is 3. The molecule has 1 aliphatic rings. The van der Waals surface area contributed by atoms with Crippen LogP contribution in [0.3, 0.4) is 0 Å². The van der Waals surface area contributed by atoms with Gasteiger partial charge >= 0.3 is 13.2 Å². The number of rotatable bonds is 3. The smallest absolute Gasteiger partial charge is 0.465 e. The van der Waals surface area contributed by atoms with Gasteiger partial charge in [-0.05, 0) is 45.6 Å². The van der Waals surface area contributed by atoms with Gasteiger partial charge in [-0.25, -0.2) is 4.79 Å². The summed E-state index contributed by atoms with van der Waals surface area (Å²) in [5.41, 5.74) is 0.992. The number of hydrogen-bond donors (Lipinski definition) is 2. The van der Waals surface area contributed by atoms with Gasteiger partial charge in [-0.1, -0.05) is 24.3 Å². The van der Waals surface area contributed by atoms with E-state index in [1.807, 2.05) is 52.0 Å². The Kier molecular flexibility index (Phi) is 4.04. The fourth-order valence-corrected chi connectivity index (χ4v) is 2.22. The molecule has 1 aromatic rings. The highest BCUT2D eigenvalue weighted by Crippen LogP contribution is 2.36. The van der Waals surface area contributed by atoms with Crippen LogP contribution in [-0.4, -0.2) is 29.5 Å². The first kappa shape index (κ1) is 15.9. The summed E-state index contributed by atoms with van der Waals surface area (Å²) >= 11 is 0. The van der Waals surface area contributed by atoms with E-state index < -0.39 is 24.4 Å². The SMILES string of the molecule is CC(NC(=O)O)c1cccc(B2OC(C)(C)C(C)(C)O2)c1. The lowest BCUT2D eigenvalue weighted by molar-refractivity contribution is 0.00578. The average Bonchev–Trinajstić information content (AvgIpc) is 2.58. The third-order valence-corrected chi connectivity index (χ3v) is 4.28. The lowest BCUT2D eigenvalue weighted by atomic mass is 9.78. The van der Waals surface area contributed by atoms with Crippen molar-refractivity contribution >= 4 is 18.7 Å². The molecule has 1 fully saturated rings. The van der Waals surface area contributed by atoms with Crippen molar-refractivity contribution in [2.24, 2.45) is 0 Å². The van der Waals surface area contributed by atoms with Crippen molar-refractivity contribution in [2.75, 3.05) is 0 Å². The standard InChI is InChI=1S/C15H22BNO4/c1-10(17-13(18)19)11-7-6-8-12(9-11)16-20-14(2,3)15(4,5)21-16/h6-10,17H,1-5H3,(H,18,19). The summed E-state index contributed by atoms with van der Waals surface area (Å²) in [6.07, 6.45) is -1.04. The third-order valence-electron chi connectivity index (χ3n) is 4.28. The monoisotopic (exact) mass is 291 g/mol. The second-order valence-electron chi connectivity index (χ2n) is 6.43. The zero-order chi connectivity index (χ0) is 15.8. The lowest BCUT2D eigenvalue weighted by Gasteiger charge is -2.32. The largest absolute Gasteiger partial charge is 0.494 e. The van der Waals surface area contributed by atoms with E-state index in [4.69, 9.17) is 14.4 Å². The van der Waals surface area contributed by atoms with Crippen LogP contribution < -0.4 is 10.8 Å². The number of nitrogens with one attached hydrogen (secondary N) is 1. The molecule has 1 atom stereocenters. The molecule has 5 nitrogen and oxygen atoms in total. The van der Waals surface area contributed by atoms with Gasteiger partial charge in [0.05, 0.1) is 17.2 Å². The molecule has 114 valence electrons. The fourth-order valence-electron chi connectivity index (χ4n) is 2.22. The van der Waals surface area contributed by atoms with E-state index in [0.717, 1.165) is 11.0 Å². The number of carbonyl (C=O) groups is 1. The molecule has 0 spiro atoms. The third kappa shape index (κ3) is 3.22. The minimum atomic E-state index is -1.04. The van der Waals surface area contributed by atoms with E-state index >= 15 is 0 Å².